The molecule has 0 aliphatic heterocycles. The van der Waals surface area contributed by atoms with Gasteiger partial charge in [0.25, 0.3) is 0 Å². The minimum atomic E-state index is -0.562. The van der Waals surface area contributed by atoms with Crippen molar-refractivity contribution in [2.24, 2.45) is 0 Å². The Balaban J connectivity index is 1.97. The first-order chi connectivity index (χ1) is 9.28. The average molecular weight is 258 g/mol. The molecule has 5 heteroatoms. The van der Waals surface area contributed by atoms with Gasteiger partial charge in [0.2, 0.25) is 0 Å². The fourth-order valence-corrected chi connectivity index (χ4v) is 1.47. The highest BCUT2D eigenvalue weighted by Gasteiger charge is 2.03. The molecule has 0 saturated heterocycles. The molecule has 19 heavy (non-hydrogen) atoms. The first-order valence-electron chi connectivity index (χ1n) is 5.75. The van der Waals surface area contributed by atoms with Gasteiger partial charge in [-0.3, -0.25) is 5.32 Å². The number of ether oxygens (including phenoxy) is 2. The van der Waals surface area contributed by atoms with E-state index in [2.05, 4.69) is 15.0 Å². The summed E-state index contributed by atoms with van der Waals surface area (Å²) >= 11 is 0. The highest BCUT2D eigenvalue weighted by atomic mass is 16.5. The van der Waals surface area contributed by atoms with Gasteiger partial charge < -0.3 is 9.47 Å². The number of rotatable bonds is 4. The second kappa shape index (κ2) is 6.39. The average Bonchev–Trinajstić information content (AvgIpc) is 2.46. The number of carbonyl (C=O) groups excluding carboxylic acids is 1. The zero-order chi connectivity index (χ0) is 13.5. The number of pyridine rings is 1. The van der Waals surface area contributed by atoms with Crippen molar-refractivity contribution >= 4 is 11.9 Å². The van der Waals surface area contributed by atoms with Crippen LogP contribution < -0.4 is 10.1 Å². The van der Waals surface area contributed by atoms with Gasteiger partial charge in [-0.15, -0.1) is 0 Å². The van der Waals surface area contributed by atoms with Crippen LogP contribution in [0.5, 0.6) is 5.75 Å². The van der Waals surface area contributed by atoms with Crippen molar-refractivity contribution in [1.29, 1.82) is 0 Å². The van der Waals surface area contributed by atoms with Crippen LogP contribution in [-0.2, 0) is 11.3 Å². The van der Waals surface area contributed by atoms with Crippen LogP contribution in [-0.4, -0.2) is 18.2 Å². The van der Waals surface area contributed by atoms with Crippen LogP contribution in [0.25, 0.3) is 0 Å². The predicted molar refractivity (Wildman–Crippen MR) is 71.0 cm³/mol. The number of amides is 1. The summed E-state index contributed by atoms with van der Waals surface area (Å²) in [6.07, 6.45) is 0.999. The number of nitrogens with one attached hydrogen (secondary N) is 1. The van der Waals surface area contributed by atoms with Crippen LogP contribution in [0.2, 0.25) is 0 Å². The highest BCUT2D eigenvalue weighted by Crippen LogP contribution is 2.16. The van der Waals surface area contributed by atoms with Crippen LogP contribution in [0.3, 0.4) is 0 Å². The molecule has 1 N–H and O–H groups in total. The van der Waals surface area contributed by atoms with Crippen molar-refractivity contribution in [1.82, 2.24) is 4.98 Å². The third-order valence-corrected chi connectivity index (χ3v) is 2.40. The third-order valence-electron chi connectivity index (χ3n) is 2.40. The van der Waals surface area contributed by atoms with E-state index in [0.29, 0.717) is 18.2 Å². The van der Waals surface area contributed by atoms with Crippen LogP contribution in [0.4, 0.5) is 10.6 Å². The van der Waals surface area contributed by atoms with Crippen LogP contribution >= 0.6 is 0 Å². The molecule has 2 rings (SSSR count). The molecule has 0 bridgehead atoms. The van der Waals surface area contributed by atoms with E-state index in [1.807, 2.05) is 30.3 Å². The lowest BCUT2D eigenvalue weighted by molar-refractivity contribution is 0.187. The van der Waals surface area contributed by atoms with Crippen molar-refractivity contribution < 1.29 is 14.3 Å². The lowest BCUT2D eigenvalue weighted by Gasteiger charge is -2.08. The lowest BCUT2D eigenvalue weighted by Crippen LogP contribution is -2.12. The maximum atomic E-state index is 11.1. The number of benzene rings is 1. The first-order valence-corrected chi connectivity index (χ1v) is 5.75. The zero-order valence-corrected chi connectivity index (χ0v) is 10.5. The van der Waals surface area contributed by atoms with Crippen LogP contribution in [0.1, 0.15) is 5.56 Å². The highest BCUT2D eigenvalue weighted by molar-refractivity contribution is 5.83. The van der Waals surface area contributed by atoms with E-state index in [4.69, 9.17) is 4.74 Å². The molecular weight excluding hydrogens is 244 g/mol. The molecule has 0 radical (unpaired) electrons. The van der Waals surface area contributed by atoms with E-state index in [1.54, 1.807) is 18.3 Å². The summed E-state index contributed by atoms with van der Waals surface area (Å²) in [4.78, 5) is 15.0. The first kappa shape index (κ1) is 12.9. The summed E-state index contributed by atoms with van der Waals surface area (Å²) in [6, 6.07) is 13.2. The predicted octanol–water partition coefficient (Wildman–Crippen LogP) is 2.84. The zero-order valence-electron chi connectivity index (χ0n) is 10.5. The molecule has 0 saturated carbocycles. The topological polar surface area (TPSA) is 60.5 Å². The smallest absolute Gasteiger partial charge is 0.412 e. The molecule has 98 valence electrons. The van der Waals surface area contributed by atoms with Gasteiger partial charge in [-0.05, 0) is 11.6 Å². The van der Waals surface area contributed by atoms with Gasteiger partial charge in [0.05, 0.1) is 7.11 Å². The molecule has 2 aromatic rings. The SMILES string of the molecule is COC(=O)Nc1cc(OCc2ccccc2)ccn1. The molecule has 1 aromatic heterocycles. The molecule has 5 nitrogen and oxygen atoms in total. The Morgan fingerprint density at radius 3 is 2.79 bits per heavy atom. The third kappa shape index (κ3) is 3.99. The van der Waals surface area contributed by atoms with Crippen molar-refractivity contribution in [3.8, 4) is 5.75 Å². The van der Waals surface area contributed by atoms with Crippen LogP contribution in [0, 0.1) is 0 Å². The number of hydrogen-bond acceptors (Lipinski definition) is 4. The van der Waals surface area contributed by atoms with Gasteiger partial charge in [-0.25, -0.2) is 9.78 Å². The maximum Gasteiger partial charge on any atom is 0.412 e. The molecule has 0 aliphatic rings. The van der Waals surface area contributed by atoms with Crippen molar-refractivity contribution in [3.05, 3.63) is 54.2 Å². The van der Waals surface area contributed by atoms with E-state index in [-0.39, 0.29) is 0 Å². The summed E-state index contributed by atoms with van der Waals surface area (Å²) in [5.74, 6) is 1.02. The Bertz CT molecular complexity index is 543. The standard InChI is InChI=1S/C14H14N2O3/c1-18-14(17)16-13-9-12(7-8-15-13)19-10-11-5-3-2-4-6-11/h2-9H,10H2,1H3,(H,15,16,17). The minimum Gasteiger partial charge on any atom is -0.489 e. The summed E-state index contributed by atoms with van der Waals surface area (Å²) in [5, 5.41) is 2.48. The number of anilines is 1. The number of carbonyl (C=O) groups is 1. The number of aromatic nitrogens is 1. The summed E-state index contributed by atoms with van der Waals surface area (Å²) < 4.78 is 10.1. The molecule has 1 amide bonds. The van der Waals surface area contributed by atoms with E-state index in [9.17, 15) is 4.79 Å². The van der Waals surface area contributed by atoms with Crippen molar-refractivity contribution in [2.45, 2.75) is 6.61 Å². The second-order valence-electron chi connectivity index (χ2n) is 3.77. The normalized spacial score (nSPS) is 9.74. The Hall–Kier alpha value is -2.56. The molecule has 0 unspecified atom stereocenters. The molecule has 0 aliphatic carbocycles. The lowest BCUT2D eigenvalue weighted by atomic mass is 10.2. The van der Waals surface area contributed by atoms with Gasteiger partial charge in [0, 0.05) is 12.3 Å². The Labute approximate surface area is 111 Å². The van der Waals surface area contributed by atoms with E-state index in [0.717, 1.165) is 5.56 Å². The van der Waals surface area contributed by atoms with E-state index < -0.39 is 6.09 Å². The largest absolute Gasteiger partial charge is 0.489 e. The van der Waals surface area contributed by atoms with Gasteiger partial charge in [-0.1, -0.05) is 30.3 Å². The van der Waals surface area contributed by atoms with Crippen molar-refractivity contribution in [3.63, 3.8) is 0 Å². The van der Waals surface area contributed by atoms with Crippen molar-refractivity contribution in [2.75, 3.05) is 12.4 Å². The molecular formula is C14H14N2O3. The Morgan fingerprint density at radius 1 is 1.26 bits per heavy atom. The fraction of sp³-hybridized carbons (Fsp3) is 0.143. The second-order valence-corrected chi connectivity index (χ2v) is 3.77. The molecule has 0 fully saturated rings. The van der Waals surface area contributed by atoms with E-state index >= 15 is 0 Å². The number of nitrogens with zero attached hydrogens (tertiary/aromatic N) is 1. The summed E-state index contributed by atoms with van der Waals surface area (Å²) in [7, 11) is 1.30. The van der Waals surface area contributed by atoms with E-state index in [1.165, 1.54) is 7.11 Å². The molecule has 1 heterocycles. The monoisotopic (exact) mass is 258 g/mol. The fourth-order valence-electron chi connectivity index (χ4n) is 1.47. The summed E-state index contributed by atoms with van der Waals surface area (Å²) in [6.45, 7) is 0.461. The van der Waals surface area contributed by atoms with Gasteiger partial charge in [0.1, 0.15) is 18.2 Å². The number of methoxy groups -OCH3 is 1. The van der Waals surface area contributed by atoms with Crippen LogP contribution in [0.15, 0.2) is 48.7 Å². The molecule has 0 spiro atoms. The number of hydrogen-bond donors (Lipinski definition) is 1. The Kier molecular flexibility index (Phi) is 4.34. The van der Waals surface area contributed by atoms with Gasteiger partial charge in [-0.2, -0.15) is 0 Å². The molecule has 1 aromatic carbocycles. The van der Waals surface area contributed by atoms with Gasteiger partial charge >= 0.3 is 6.09 Å². The summed E-state index contributed by atoms with van der Waals surface area (Å²) in [5.41, 5.74) is 1.07. The van der Waals surface area contributed by atoms with Gasteiger partial charge in [0.15, 0.2) is 0 Å². The minimum absolute atomic E-state index is 0.386. The maximum absolute atomic E-state index is 11.1. The Morgan fingerprint density at radius 2 is 2.05 bits per heavy atom. The molecule has 0 atom stereocenters. The quantitative estimate of drug-likeness (QED) is 0.916.